The van der Waals surface area contributed by atoms with Gasteiger partial charge in [-0.25, -0.2) is 9.07 Å². The molecule has 14 heteroatoms. The zero-order valence-electron chi connectivity index (χ0n) is 24.7. The first-order chi connectivity index (χ1) is 21.3. The van der Waals surface area contributed by atoms with Crippen molar-refractivity contribution in [2.75, 3.05) is 23.9 Å². The molecular weight excluding hydrogens is 612 g/mol. The molecule has 2 atom stereocenters. The van der Waals surface area contributed by atoms with Crippen molar-refractivity contribution in [1.82, 2.24) is 24.5 Å². The molecule has 45 heavy (non-hydrogen) atoms. The van der Waals surface area contributed by atoms with Crippen LogP contribution in [0.15, 0.2) is 59.8 Å². The Morgan fingerprint density at radius 3 is 2.58 bits per heavy atom. The topological polar surface area (TPSA) is 113 Å². The van der Waals surface area contributed by atoms with Crippen LogP contribution in [-0.2, 0) is 7.05 Å². The maximum Gasteiger partial charge on any atom is 0.395 e. The average Bonchev–Trinajstić information content (AvgIpc) is 3.49. The summed E-state index contributed by atoms with van der Waals surface area (Å²) in [5.74, 6) is 0. The van der Waals surface area contributed by atoms with Crippen molar-refractivity contribution in [3.8, 4) is 6.07 Å². The highest BCUT2D eigenvalue weighted by Crippen LogP contribution is 2.40. The summed E-state index contributed by atoms with van der Waals surface area (Å²) >= 11 is 6.65. The Labute approximate surface area is 260 Å². The lowest BCUT2D eigenvalue weighted by molar-refractivity contribution is -0.206. The van der Waals surface area contributed by atoms with E-state index in [0.717, 1.165) is 13.8 Å². The Hall–Kier alpha value is -4.70. The molecule has 5 aromatic rings. The molecule has 0 spiro atoms. The molecule has 3 heterocycles. The summed E-state index contributed by atoms with van der Waals surface area (Å²) in [6, 6.07) is 11.0. The van der Waals surface area contributed by atoms with E-state index in [9.17, 15) is 27.6 Å². The van der Waals surface area contributed by atoms with Gasteiger partial charge in [-0.3, -0.25) is 9.78 Å². The molecule has 0 saturated carbocycles. The van der Waals surface area contributed by atoms with Crippen molar-refractivity contribution in [1.29, 1.82) is 5.26 Å². The van der Waals surface area contributed by atoms with Crippen LogP contribution in [0.4, 0.5) is 28.9 Å². The molecule has 0 aliphatic heterocycles. The summed E-state index contributed by atoms with van der Waals surface area (Å²) in [6.45, 7) is 2.60. The number of nitrogens with zero attached hydrogens (tertiary/aromatic N) is 6. The Morgan fingerprint density at radius 2 is 1.89 bits per heavy atom. The van der Waals surface area contributed by atoms with Gasteiger partial charge in [-0.2, -0.15) is 18.4 Å². The van der Waals surface area contributed by atoms with Crippen LogP contribution in [0.1, 0.15) is 49.7 Å². The smallest absolute Gasteiger partial charge is 0.382 e. The Morgan fingerprint density at radius 1 is 1.13 bits per heavy atom. The van der Waals surface area contributed by atoms with Gasteiger partial charge in [0.1, 0.15) is 18.4 Å². The molecule has 0 saturated heterocycles. The first-order valence-corrected chi connectivity index (χ1v) is 14.3. The molecule has 0 bridgehead atoms. The van der Waals surface area contributed by atoms with Crippen LogP contribution >= 0.6 is 11.6 Å². The Kier molecular flexibility index (Phi) is 8.46. The third kappa shape index (κ3) is 6.02. The number of nitrogens with one attached hydrogen (secondary N) is 2. The highest BCUT2D eigenvalue weighted by molar-refractivity contribution is 6.35. The minimum absolute atomic E-state index is 0.0401. The summed E-state index contributed by atoms with van der Waals surface area (Å²) in [6.07, 6.45) is 0.0133. The number of aryl methyl sites for hydroxylation is 1. The van der Waals surface area contributed by atoms with Crippen molar-refractivity contribution in [2.24, 2.45) is 12.5 Å². The molecule has 0 fully saturated rings. The van der Waals surface area contributed by atoms with Gasteiger partial charge in [0.25, 0.3) is 5.56 Å². The Balaban J connectivity index is 1.66. The lowest BCUT2D eigenvalue weighted by atomic mass is 9.92. The molecule has 5 rings (SSSR count). The van der Waals surface area contributed by atoms with Crippen molar-refractivity contribution in [3.63, 3.8) is 0 Å². The van der Waals surface area contributed by atoms with Gasteiger partial charge in [-0.1, -0.05) is 28.9 Å². The zero-order valence-corrected chi connectivity index (χ0v) is 25.5. The van der Waals surface area contributed by atoms with Crippen LogP contribution in [-0.4, -0.2) is 43.9 Å². The summed E-state index contributed by atoms with van der Waals surface area (Å²) in [5, 5.41) is 26.0. The summed E-state index contributed by atoms with van der Waals surface area (Å²) in [5.41, 5.74) is -0.346. The van der Waals surface area contributed by atoms with E-state index >= 15 is 0 Å². The number of alkyl halides is 4. The fraction of sp³-hybridized carbons (Fsp3) is 0.323. The molecule has 3 aromatic heterocycles. The van der Waals surface area contributed by atoms with Crippen LogP contribution < -0.4 is 16.2 Å². The highest BCUT2D eigenvalue weighted by Gasteiger charge is 2.47. The summed E-state index contributed by atoms with van der Waals surface area (Å²) in [7, 11) is 1.65. The second kappa shape index (κ2) is 12.0. The van der Waals surface area contributed by atoms with Crippen LogP contribution in [0.25, 0.3) is 21.7 Å². The third-order valence-corrected chi connectivity index (χ3v) is 8.08. The first kappa shape index (κ1) is 31.7. The van der Waals surface area contributed by atoms with Gasteiger partial charge < -0.3 is 15.2 Å². The number of benzene rings is 2. The SMILES string of the molecule is C[C@@H](CF)n1cc([C@@H](Nc2cc(Cl)c3ncc(C#N)c(NCC(C)(C)C(F)(F)F)c3c2)c2cccc3c(=O)n(C)ccc23)nn1. The number of pyridine rings is 2. The number of fused-ring (bicyclic) bond motifs is 2. The summed E-state index contributed by atoms with van der Waals surface area (Å²) in [4.78, 5) is 17.2. The highest BCUT2D eigenvalue weighted by atomic mass is 35.5. The fourth-order valence-electron chi connectivity index (χ4n) is 4.87. The number of hydrogen-bond acceptors (Lipinski definition) is 7. The van der Waals surface area contributed by atoms with Crippen LogP contribution in [0.5, 0.6) is 0 Å². The number of aromatic nitrogens is 5. The van der Waals surface area contributed by atoms with Gasteiger partial charge in [0.15, 0.2) is 0 Å². The van der Waals surface area contributed by atoms with Gasteiger partial charge >= 0.3 is 6.18 Å². The molecule has 9 nitrogen and oxygen atoms in total. The molecule has 0 aliphatic rings. The molecule has 0 unspecified atom stereocenters. The monoisotopic (exact) mass is 640 g/mol. The van der Waals surface area contributed by atoms with Crippen molar-refractivity contribution in [3.05, 3.63) is 87.2 Å². The third-order valence-electron chi connectivity index (χ3n) is 7.80. The zero-order chi connectivity index (χ0) is 32.7. The average molecular weight is 641 g/mol. The molecule has 0 radical (unpaired) electrons. The molecule has 2 aromatic carbocycles. The second-order valence-corrected chi connectivity index (χ2v) is 11.9. The number of hydrogen-bond donors (Lipinski definition) is 2. The second-order valence-electron chi connectivity index (χ2n) is 11.5. The van der Waals surface area contributed by atoms with Gasteiger partial charge in [0.2, 0.25) is 0 Å². The molecule has 0 amide bonds. The molecule has 2 N–H and O–H groups in total. The minimum Gasteiger partial charge on any atom is -0.382 e. The van der Waals surface area contributed by atoms with E-state index < -0.39 is 36.9 Å². The van der Waals surface area contributed by atoms with Crippen molar-refractivity contribution in [2.45, 2.75) is 39.0 Å². The van der Waals surface area contributed by atoms with E-state index in [1.165, 1.54) is 15.4 Å². The van der Waals surface area contributed by atoms with E-state index in [1.807, 2.05) is 12.1 Å². The molecule has 234 valence electrons. The predicted octanol–water partition coefficient (Wildman–Crippen LogP) is 6.94. The Bertz CT molecular complexity index is 2000. The van der Waals surface area contributed by atoms with Crippen LogP contribution in [0.3, 0.4) is 0 Å². The minimum atomic E-state index is -4.50. The lowest BCUT2D eigenvalue weighted by Gasteiger charge is -2.28. The summed E-state index contributed by atoms with van der Waals surface area (Å²) < 4.78 is 57.3. The quantitative estimate of drug-likeness (QED) is 0.168. The van der Waals surface area contributed by atoms with Gasteiger partial charge in [-0.15, -0.1) is 5.10 Å². The normalized spacial score (nSPS) is 13.5. The fourth-order valence-corrected chi connectivity index (χ4v) is 5.13. The van der Waals surface area contributed by atoms with Crippen LogP contribution in [0, 0.1) is 16.7 Å². The van der Waals surface area contributed by atoms with Gasteiger partial charge in [0.05, 0.1) is 45.5 Å². The number of anilines is 2. The standard InChI is InChI=1S/C31H29ClF4N8O/c1-17(12-33)44-15-25(41-42-44)28(21-6-5-7-22-20(21)8-9-43(4)29(22)45)40-19-10-23-26(39-16-30(2,3)31(34,35)36)18(13-37)14-38-27(23)24(32)11-19/h5-11,14-15,17,28,40H,12,16H2,1-4H3,(H,38,39)/t17-,28-/m0/s1. The lowest BCUT2D eigenvalue weighted by Crippen LogP contribution is -2.38. The maximum absolute atomic E-state index is 13.7. The van der Waals surface area contributed by atoms with Gasteiger partial charge in [-0.05, 0) is 56.0 Å². The first-order valence-electron chi connectivity index (χ1n) is 13.9. The van der Waals surface area contributed by atoms with Crippen molar-refractivity contribution < 1.29 is 17.6 Å². The van der Waals surface area contributed by atoms with Crippen molar-refractivity contribution >= 4 is 44.7 Å². The molecular formula is C31H29ClF4N8O. The molecule has 0 aliphatic carbocycles. The number of halogens is 5. The van der Waals surface area contributed by atoms with E-state index in [2.05, 4.69) is 25.9 Å². The largest absolute Gasteiger partial charge is 0.395 e. The van der Waals surface area contributed by atoms with E-state index in [0.29, 0.717) is 33.1 Å². The number of nitriles is 1. The van der Waals surface area contributed by atoms with Crippen LogP contribution in [0.2, 0.25) is 5.02 Å². The number of rotatable bonds is 9. The van der Waals surface area contributed by atoms with Gasteiger partial charge in [0, 0.05) is 42.4 Å². The maximum atomic E-state index is 13.7. The van der Waals surface area contributed by atoms with E-state index in [4.69, 9.17) is 11.6 Å². The van der Waals surface area contributed by atoms with E-state index in [1.54, 1.807) is 56.7 Å². The van der Waals surface area contributed by atoms with E-state index in [-0.39, 0.29) is 27.3 Å². The predicted molar refractivity (Wildman–Crippen MR) is 165 cm³/mol.